The topological polar surface area (TPSA) is 145 Å². The number of rotatable bonds is 5. The molecule has 0 saturated heterocycles. The van der Waals surface area contributed by atoms with Crippen LogP contribution in [-0.4, -0.2) is 42.5 Å². The van der Waals surface area contributed by atoms with E-state index in [1.54, 1.807) is 0 Å². The predicted molar refractivity (Wildman–Crippen MR) is 74.3 cm³/mol. The van der Waals surface area contributed by atoms with Crippen LogP contribution in [0, 0.1) is 0 Å². The Morgan fingerprint density at radius 2 is 2.05 bits per heavy atom. The minimum absolute atomic E-state index is 0.0412. The van der Waals surface area contributed by atoms with E-state index in [0.717, 1.165) is 4.68 Å². The van der Waals surface area contributed by atoms with E-state index in [1.807, 2.05) is 0 Å². The number of aromatic nitrogens is 4. The number of nitrogens with two attached hydrogens (primary N) is 1. The zero-order valence-electron chi connectivity index (χ0n) is 11.8. The minimum atomic E-state index is -1.20. The maximum atomic E-state index is 12.2. The number of aryl methyl sites for hydroxylation is 1. The van der Waals surface area contributed by atoms with E-state index in [-0.39, 0.29) is 17.1 Å². The van der Waals surface area contributed by atoms with Crippen molar-refractivity contribution in [3.8, 4) is 0 Å². The second-order valence-electron chi connectivity index (χ2n) is 4.53. The summed E-state index contributed by atoms with van der Waals surface area (Å²) in [4.78, 5) is 34.6. The summed E-state index contributed by atoms with van der Waals surface area (Å²) >= 11 is 0. The van der Waals surface area contributed by atoms with Crippen molar-refractivity contribution >= 4 is 23.5 Å². The smallest absolute Gasteiger partial charge is 0.354 e. The summed E-state index contributed by atoms with van der Waals surface area (Å²) in [7, 11) is 1.51. The molecule has 1 unspecified atom stereocenters. The number of carboxylic acids is 1. The van der Waals surface area contributed by atoms with E-state index in [9.17, 15) is 14.4 Å². The van der Waals surface area contributed by atoms with E-state index in [1.165, 1.54) is 37.1 Å². The van der Waals surface area contributed by atoms with Gasteiger partial charge in [-0.1, -0.05) is 0 Å². The van der Waals surface area contributed by atoms with E-state index < -0.39 is 23.8 Å². The molecular weight excluding hydrogens is 292 g/mol. The van der Waals surface area contributed by atoms with Gasteiger partial charge < -0.3 is 16.2 Å². The number of anilines is 1. The Balaban J connectivity index is 2.24. The van der Waals surface area contributed by atoms with Crippen LogP contribution >= 0.6 is 0 Å². The Bertz CT molecular complexity index is 747. The molecule has 0 fully saturated rings. The number of carbonyl (C=O) groups is 3. The van der Waals surface area contributed by atoms with Crippen LogP contribution in [0.1, 0.15) is 33.9 Å². The van der Waals surface area contributed by atoms with Gasteiger partial charge in [0.15, 0.2) is 0 Å². The Morgan fingerprint density at radius 1 is 1.36 bits per heavy atom. The first-order valence-electron chi connectivity index (χ1n) is 6.22. The van der Waals surface area contributed by atoms with Crippen molar-refractivity contribution in [2.75, 3.05) is 5.32 Å². The molecule has 1 atom stereocenters. The molecule has 0 spiro atoms. The fourth-order valence-electron chi connectivity index (χ4n) is 1.96. The molecular formula is C12H14N6O4. The molecule has 0 radical (unpaired) electrons. The maximum Gasteiger partial charge on any atom is 0.354 e. The van der Waals surface area contributed by atoms with Crippen molar-refractivity contribution in [3.05, 3.63) is 29.8 Å². The van der Waals surface area contributed by atoms with Crippen molar-refractivity contribution in [3.63, 3.8) is 0 Å². The largest absolute Gasteiger partial charge is 0.477 e. The third kappa shape index (κ3) is 2.66. The van der Waals surface area contributed by atoms with Crippen molar-refractivity contribution in [2.24, 2.45) is 12.8 Å². The fourth-order valence-corrected chi connectivity index (χ4v) is 1.96. The second kappa shape index (κ2) is 5.68. The average Bonchev–Trinajstić information content (AvgIpc) is 3.04. The third-order valence-corrected chi connectivity index (χ3v) is 3.07. The molecule has 0 aliphatic heterocycles. The number of hydrogen-bond acceptors (Lipinski definition) is 5. The average molecular weight is 306 g/mol. The van der Waals surface area contributed by atoms with Gasteiger partial charge in [-0.3, -0.25) is 14.3 Å². The van der Waals surface area contributed by atoms with Gasteiger partial charge in [-0.05, 0) is 13.0 Å². The highest BCUT2D eigenvalue weighted by Gasteiger charge is 2.23. The quantitative estimate of drug-likeness (QED) is 0.686. The highest BCUT2D eigenvalue weighted by atomic mass is 16.4. The number of amides is 2. The zero-order valence-corrected chi connectivity index (χ0v) is 11.8. The Kier molecular flexibility index (Phi) is 3.93. The van der Waals surface area contributed by atoms with Gasteiger partial charge in [0.05, 0.1) is 11.9 Å². The van der Waals surface area contributed by atoms with Crippen LogP contribution in [0.5, 0.6) is 0 Å². The molecule has 10 nitrogen and oxygen atoms in total. The first-order valence-corrected chi connectivity index (χ1v) is 6.22. The molecule has 0 aliphatic carbocycles. The van der Waals surface area contributed by atoms with E-state index >= 15 is 0 Å². The van der Waals surface area contributed by atoms with Gasteiger partial charge in [-0.25, -0.2) is 9.48 Å². The van der Waals surface area contributed by atoms with Gasteiger partial charge in [0.25, 0.3) is 5.91 Å². The molecule has 0 aliphatic rings. The number of nitrogens with one attached hydrogen (secondary N) is 1. The van der Waals surface area contributed by atoms with E-state index in [2.05, 4.69) is 15.5 Å². The van der Waals surface area contributed by atoms with E-state index in [4.69, 9.17) is 10.8 Å². The molecule has 2 aromatic rings. The molecule has 2 aromatic heterocycles. The molecule has 2 rings (SSSR count). The SMILES string of the molecule is CC(C(=O)Nc1cnn(C)c1C(N)=O)n1nccc1C(=O)O. The first kappa shape index (κ1) is 15.2. The normalized spacial score (nSPS) is 11.9. The van der Waals surface area contributed by atoms with Crippen LogP contribution in [0.25, 0.3) is 0 Å². The summed E-state index contributed by atoms with van der Waals surface area (Å²) in [5.41, 5.74) is 5.29. The monoisotopic (exact) mass is 306 g/mol. The molecule has 10 heteroatoms. The van der Waals surface area contributed by atoms with Crippen LogP contribution in [-0.2, 0) is 11.8 Å². The predicted octanol–water partition coefficient (Wildman–Crippen LogP) is -0.387. The molecule has 0 aromatic carbocycles. The summed E-state index contributed by atoms with van der Waals surface area (Å²) in [6.45, 7) is 1.48. The van der Waals surface area contributed by atoms with Gasteiger partial charge in [0, 0.05) is 13.2 Å². The number of aromatic carboxylic acids is 1. The lowest BCUT2D eigenvalue weighted by molar-refractivity contribution is -0.119. The lowest BCUT2D eigenvalue weighted by Crippen LogP contribution is -2.28. The number of hydrogen-bond donors (Lipinski definition) is 3. The lowest BCUT2D eigenvalue weighted by atomic mass is 10.2. The molecule has 22 heavy (non-hydrogen) atoms. The summed E-state index contributed by atoms with van der Waals surface area (Å²) in [5.74, 6) is -2.49. The van der Waals surface area contributed by atoms with Crippen molar-refractivity contribution < 1.29 is 19.5 Å². The van der Waals surface area contributed by atoms with E-state index in [0.29, 0.717) is 0 Å². The van der Waals surface area contributed by atoms with Crippen LogP contribution < -0.4 is 11.1 Å². The standard InChI is InChI=1S/C12H14N6O4/c1-6(18-8(12(21)22)3-4-14-18)11(20)16-7-5-15-17(2)9(7)10(13)19/h3-6H,1-2H3,(H2,13,19)(H,16,20)(H,21,22). The number of nitrogens with zero attached hydrogens (tertiary/aromatic N) is 4. The summed E-state index contributed by atoms with van der Waals surface area (Å²) in [5, 5.41) is 19.2. The van der Waals surface area contributed by atoms with Crippen molar-refractivity contribution in [2.45, 2.75) is 13.0 Å². The van der Waals surface area contributed by atoms with Gasteiger partial charge in [-0.15, -0.1) is 0 Å². The van der Waals surface area contributed by atoms with Gasteiger partial charge in [0.1, 0.15) is 17.4 Å². The molecule has 0 saturated carbocycles. The van der Waals surface area contributed by atoms with Crippen molar-refractivity contribution in [1.29, 1.82) is 0 Å². The number of carbonyl (C=O) groups excluding carboxylic acids is 2. The molecule has 2 amide bonds. The molecule has 4 N–H and O–H groups in total. The molecule has 0 bridgehead atoms. The van der Waals surface area contributed by atoms with Crippen LogP contribution in [0.3, 0.4) is 0 Å². The second-order valence-corrected chi connectivity index (χ2v) is 4.53. The summed E-state index contributed by atoms with van der Waals surface area (Å²) < 4.78 is 2.30. The Morgan fingerprint density at radius 3 is 2.64 bits per heavy atom. The summed E-state index contributed by atoms with van der Waals surface area (Å²) in [6, 6.07) is 0.382. The zero-order chi connectivity index (χ0) is 16.4. The highest BCUT2D eigenvalue weighted by molar-refractivity contribution is 6.02. The number of carboxylic acid groups (broad SMARTS) is 1. The van der Waals surface area contributed by atoms with Gasteiger partial charge in [0.2, 0.25) is 5.91 Å². The van der Waals surface area contributed by atoms with Crippen LogP contribution in [0.4, 0.5) is 5.69 Å². The third-order valence-electron chi connectivity index (χ3n) is 3.07. The van der Waals surface area contributed by atoms with Crippen molar-refractivity contribution in [1.82, 2.24) is 19.6 Å². The maximum absolute atomic E-state index is 12.2. The minimum Gasteiger partial charge on any atom is -0.477 e. The fraction of sp³-hybridized carbons (Fsp3) is 0.250. The lowest BCUT2D eigenvalue weighted by Gasteiger charge is -2.14. The number of primary amides is 1. The van der Waals surface area contributed by atoms with Gasteiger partial charge in [-0.2, -0.15) is 10.2 Å². The highest BCUT2D eigenvalue weighted by Crippen LogP contribution is 2.17. The molecule has 116 valence electrons. The van der Waals surface area contributed by atoms with Gasteiger partial charge >= 0.3 is 5.97 Å². The molecule has 2 heterocycles. The first-order chi connectivity index (χ1) is 10.3. The Hall–Kier alpha value is -3.17. The van der Waals surface area contributed by atoms with Crippen LogP contribution in [0.2, 0.25) is 0 Å². The summed E-state index contributed by atoms with van der Waals surface area (Å²) in [6.07, 6.45) is 2.57. The van der Waals surface area contributed by atoms with Crippen LogP contribution in [0.15, 0.2) is 18.5 Å². The Labute approximate surface area is 124 Å².